The van der Waals surface area contributed by atoms with Gasteiger partial charge in [-0.25, -0.2) is 0 Å². The number of nitrogens with zero attached hydrogens (tertiary/aromatic N) is 3. The number of ether oxygens (including phenoxy) is 1. The molecule has 1 heterocycles. The van der Waals surface area contributed by atoms with Crippen molar-refractivity contribution in [3.63, 3.8) is 0 Å². The molecule has 1 aromatic heterocycles. The summed E-state index contributed by atoms with van der Waals surface area (Å²) in [7, 11) is 0. The van der Waals surface area contributed by atoms with Gasteiger partial charge in [0.05, 0.1) is 12.1 Å². The summed E-state index contributed by atoms with van der Waals surface area (Å²) in [6.07, 6.45) is 2.07. The molecular weight excluding hydrogens is 304 g/mol. The lowest BCUT2D eigenvalue weighted by Crippen LogP contribution is -2.25. The lowest BCUT2D eigenvalue weighted by molar-refractivity contribution is -0.0494. The Kier molecular flexibility index (Phi) is 6.46. The molecule has 0 spiro atoms. The molecule has 0 aliphatic carbocycles. The van der Waals surface area contributed by atoms with Gasteiger partial charge in [-0.05, 0) is 38.1 Å². The molecule has 1 aromatic carbocycles. The first-order chi connectivity index (χ1) is 11.1. The zero-order valence-corrected chi connectivity index (χ0v) is 13.3. The van der Waals surface area contributed by atoms with Crippen LogP contribution in [0.1, 0.15) is 32.6 Å². The summed E-state index contributed by atoms with van der Waals surface area (Å²) in [5.41, 5.74) is 0.389. The number of hydrogen-bond donors (Lipinski definition) is 0. The van der Waals surface area contributed by atoms with E-state index in [9.17, 15) is 8.78 Å². The Hall–Kier alpha value is -2.02. The molecule has 7 heteroatoms. The maximum Gasteiger partial charge on any atom is 0.387 e. The third kappa shape index (κ3) is 4.99. The molecule has 0 saturated heterocycles. The lowest BCUT2D eigenvalue weighted by Gasteiger charge is -2.18. The van der Waals surface area contributed by atoms with Crippen LogP contribution >= 0.6 is 0 Å². The van der Waals surface area contributed by atoms with Crippen LogP contribution in [-0.4, -0.2) is 34.7 Å². The number of halogens is 2. The van der Waals surface area contributed by atoms with E-state index in [1.165, 1.54) is 6.07 Å². The Bertz CT molecular complexity index is 599. The lowest BCUT2D eigenvalue weighted by atomic mass is 10.2. The molecule has 126 valence electrons. The highest BCUT2D eigenvalue weighted by molar-refractivity contribution is 5.63. The van der Waals surface area contributed by atoms with Gasteiger partial charge in [0.2, 0.25) is 11.7 Å². The maximum absolute atomic E-state index is 12.5. The number of hydrogen-bond acceptors (Lipinski definition) is 5. The van der Waals surface area contributed by atoms with Gasteiger partial charge in [0, 0.05) is 0 Å². The summed E-state index contributed by atoms with van der Waals surface area (Å²) in [4.78, 5) is 6.53. The number of alkyl halides is 2. The van der Waals surface area contributed by atoms with E-state index in [2.05, 4.69) is 33.6 Å². The van der Waals surface area contributed by atoms with E-state index in [-0.39, 0.29) is 11.6 Å². The summed E-state index contributed by atoms with van der Waals surface area (Å²) < 4.78 is 34.7. The van der Waals surface area contributed by atoms with Gasteiger partial charge in [0.25, 0.3) is 0 Å². The minimum Gasteiger partial charge on any atom is -0.434 e. The van der Waals surface area contributed by atoms with E-state index in [0.717, 1.165) is 25.9 Å². The van der Waals surface area contributed by atoms with Gasteiger partial charge in [0.15, 0.2) is 0 Å². The molecule has 0 radical (unpaired) electrons. The van der Waals surface area contributed by atoms with Crippen molar-refractivity contribution in [2.75, 3.05) is 13.1 Å². The topological polar surface area (TPSA) is 51.4 Å². The van der Waals surface area contributed by atoms with Crippen LogP contribution in [-0.2, 0) is 6.54 Å². The minimum atomic E-state index is -2.90. The van der Waals surface area contributed by atoms with Gasteiger partial charge < -0.3 is 9.26 Å². The standard InChI is InChI=1S/C16H21F2N3O2/c1-3-9-21(10-4-2)11-14-19-15(20-23-14)12-7-5-6-8-13(12)22-16(17)18/h5-8,16H,3-4,9-11H2,1-2H3. The van der Waals surface area contributed by atoms with Crippen molar-refractivity contribution in [2.24, 2.45) is 0 Å². The van der Waals surface area contributed by atoms with Crippen molar-refractivity contribution in [1.82, 2.24) is 15.0 Å². The smallest absolute Gasteiger partial charge is 0.387 e. The highest BCUT2D eigenvalue weighted by Crippen LogP contribution is 2.28. The fraction of sp³-hybridized carbons (Fsp3) is 0.500. The van der Waals surface area contributed by atoms with E-state index in [0.29, 0.717) is 18.0 Å². The van der Waals surface area contributed by atoms with Crippen LogP contribution in [0.2, 0.25) is 0 Å². The maximum atomic E-state index is 12.5. The van der Waals surface area contributed by atoms with E-state index in [4.69, 9.17) is 4.52 Å². The molecule has 23 heavy (non-hydrogen) atoms. The van der Waals surface area contributed by atoms with Crippen molar-refractivity contribution in [2.45, 2.75) is 39.8 Å². The van der Waals surface area contributed by atoms with Gasteiger partial charge in [-0.15, -0.1) is 0 Å². The largest absolute Gasteiger partial charge is 0.434 e. The molecule has 0 saturated carbocycles. The Morgan fingerprint density at radius 3 is 2.52 bits per heavy atom. The highest BCUT2D eigenvalue weighted by atomic mass is 19.3. The number of para-hydroxylation sites is 1. The summed E-state index contributed by atoms with van der Waals surface area (Å²) >= 11 is 0. The molecule has 2 rings (SSSR count). The van der Waals surface area contributed by atoms with Crippen molar-refractivity contribution >= 4 is 0 Å². The fourth-order valence-corrected chi connectivity index (χ4v) is 2.37. The fourth-order valence-electron chi connectivity index (χ4n) is 2.37. The molecule has 0 atom stereocenters. The predicted octanol–water partition coefficient (Wildman–Crippen LogP) is 3.96. The molecule has 0 fully saturated rings. The second kappa shape index (κ2) is 8.57. The molecule has 0 bridgehead atoms. The SMILES string of the molecule is CCCN(CCC)Cc1nc(-c2ccccc2OC(F)F)no1. The second-order valence-corrected chi connectivity index (χ2v) is 5.16. The van der Waals surface area contributed by atoms with Gasteiger partial charge in [-0.3, -0.25) is 4.90 Å². The van der Waals surface area contributed by atoms with Gasteiger partial charge >= 0.3 is 6.61 Å². The zero-order valence-electron chi connectivity index (χ0n) is 13.3. The average molecular weight is 325 g/mol. The first-order valence-corrected chi connectivity index (χ1v) is 7.73. The monoisotopic (exact) mass is 325 g/mol. The van der Waals surface area contributed by atoms with Crippen LogP contribution in [0.25, 0.3) is 11.4 Å². The zero-order chi connectivity index (χ0) is 16.7. The molecular formula is C16H21F2N3O2. The van der Waals surface area contributed by atoms with Crippen molar-refractivity contribution in [3.05, 3.63) is 30.2 Å². The molecule has 0 amide bonds. The summed E-state index contributed by atoms with van der Waals surface area (Å²) in [6, 6.07) is 6.41. The molecule has 0 aliphatic rings. The number of benzene rings is 1. The van der Waals surface area contributed by atoms with Crippen molar-refractivity contribution < 1.29 is 18.0 Å². The van der Waals surface area contributed by atoms with E-state index < -0.39 is 6.61 Å². The second-order valence-electron chi connectivity index (χ2n) is 5.16. The third-order valence-corrected chi connectivity index (χ3v) is 3.25. The summed E-state index contributed by atoms with van der Waals surface area (Å²) in [5.74, 6) is 0.756. The van der Waals surface area contributed by atoms with Crippen LogP contribution in [0, 0.1) is 0 Å². The Morgan fingerprint density at radius 1 is 1.17 bits per heavy atom. The Balaban J connectivity index is 2.15. The Morgan fingerprint density at radius 2 is 1.87 bits per heavy atom. The Labute approximate surface area is 134 Å². The summed E-state index contributed by atoms with van der Waals surface area (Å²) in [6.45, 7) is 3.76. The highest BCUT2D eigenvalue weighted by Gasteiger charge is 2.17. The van der Waals surface area contributed by atoms with Crippen LogP contribution < -0.4 is 4.74 Å². The van der Waals surface area contributed by atoms with Crippen LogP contribution in [0.15, 0.2) is 28.8 Å². The van der Waals surface area contributed by atoms with Crippen molar-refractivity contribution in [3.8, 4) is 17.1 Å². The number of rotatable bonds is 9. The van der Waals surface area contributed by atoms with Crippen LogP contribution in [0.3, 0.4) is 0 Å². The number of aromatic nitrogens is 2. The minimum absolute atomic E-state index is 0.0359. The van der Waals surface area contributed by atoms with E-state index in [1.54, 1.807) is 18.2 Å². The van der Waals surface area contributed by atoms with Crippen molar-refractivity contribution in [1.29, 1.82) is 0 Å². The van der Waals surface area contributed by atoms with E-state index >= 15 is 0 Å². The molecule has 2 aromatic rings. The van der Waals surface area contributed by atoms with Crippen LogP contribution in [0.5, 0.6) is 5.75 Å². The van der Waals surface area contributed by atoms with Gasteiger partial charge in [0.1, 0.15) is 5.75 Å². The predicted molar refractivity (Wildman–Crippen MR) is 82.2 cm³/mol. The van der Waals surface area contributed by atoms with Gasteiger partial charge in [-0.2, -0.15) is 13.8 Å². The molecule has 5 nitrogen and oxygen atoms in total. The van der Waals surface area contributed by atoms with Crippen LogP contribution in [0.4, 0.5) is 8.78 Å². The van der Waals surface area contributed by atoms with E-state index in [1.807, 2.05) is 0 Å². The normalized spacial score (nSPS) is 11.4. The molecule has 0 N–H and O–H groups in total. The summed E-state index contributed by atoms with van der Waals surface area (Å²) in [5, 5.41) is 3.89. The molecule has 0 aliphatic heterocycles. The first-order valence-electron chi connectivity index (χ1n) is 7.73. The quantitative estimate of drug-likeness (QED) is 0.698. The molecule has 0 unspecified atom stereocenters. The van der Waals surface area contributed by atoms with Gasteiger partial charge in [-0.1, -0.05) is 31.1 Å². The first kappa shape index (κ1) is 17.3. The average Bonchev–Trinajstić information content (AvgIpc) is 2.96. The third-order valence-electron chi connectivity index (χ3n) is 3.25.